The minimum atomic E-state index is -0.160. The molecule has 20 heavy (non-hydrogen) atoms. The van der Waals surface area contributed by atoms with Crippen LogP contribution in [0.3, 0.4) is 0 Å². The Hall–Kier alpha value is -1.32. The van der Waals surface area contributed by atoms with Gasteiger partial charge in [-0.15, -0.1) is 0 Å². The van der Waals surface area contributed by atoms with Crippen LogP contribution in [0.2, 0.25) is 0 Å². The Kier molecular flexibility index (Phi) is 6.76. The molecule has 0 bridgehead atoms. The molecule has 4 nitrogen and oxygen atoms in total. The van der Waals surface area contributed by atoms with Crippen molar-refractivity contribution in [2.45, 2.75) is 0 Å². The minimum absolute atomic E-state index is 0.130. The molecule has 2 rings (SSSR count). The second-order valence-corrected chi connectivity index (χ2v) is 5.91. The Labute approximate surface area is 128 Å². The van der Waals surface area contributed by atoms with E-state index in [1.54, 1.807) is 0 Å². The first kappa shape index (κ1) is 16.7. The van der Waals surface area contributed by atoms with Crippen molar-refractivity contribution in [3.8, 4) is 11.5 Å². The summed E-state index contributed by atoms with van der Waals surface area (Å²) in [6.07, 6.45) is 3.76. The van der Waals surface area contributed by atoms with Gasteiger partial charge < -0.3 is 10.2 Å². The minimum Gasteiger partial charge on any atom is -0.508 e. The Bertz CT molecular complexity index is 638. The van der Waals surface area contributed by atoms with E-state index in [1.807, 2.05) is 0 Å². The molecule has 0 amide bonds. The number of phenolic OH excluding ortho intramolecular Hbond substituents is 2. The highest BCUT2D eigenvalue weighted by Gasteiger charge is 2.10. The number of aromatic hydroxyl groups is 2. The Balaban J connectivity index is 0.000000200. The van der Waals surface area contributed by atoms with Gasteiger partial charge in [-0.3, -0.25) is 9.59 Å². The van der Waals surface area contributed by atoms with Crippen LogP contribution in [-0.2, 0) is 33.2 Å². The van der Waals surface area contributed by atoms with Gasteiger partial charge in [0.05, 0.1) is 10.6 Å². The van der Waals surface area contributed by atoms with Crippen LogP contribution in [0.4, 0.5) is 0 Å². The molecule has 0 atom stereocenters. The van der Waals surface area contributed by atoms with Gasteiger partial charge in [-0.25, -0.2) is 0 Å². The second kappa shape index (κ2) is 8.08. The van der Waals surface area contributed by atoms with Crippen molar-refractivity contribution >= 4 is 55.2 Å². The number of ketones is 2. The standard InChI is InChI=1S/C6H5O2PS.C6H3O2PS/c2*7-4-1-2-5(8)6(3-4)9-10/h1-3,7-8H;1-3H. The molecule has 102 valence electrons. The summed E-state index contributed by atoms with van der Waals surface area (Å²) in [5.74, 6) is -0.0529. The van der Waals surface area contributed by atoms with E-state index in [-0.39, 0.29) is 23.1 Å². The highest BCUT2D eigenvalue weighted by molar-refractivity contribution is 7.99. The lowest BCUT2D eigenvalue weighted by Crippen LogP contribution is -2.02. The fourth-order valence-corrected chi connectivity index (χ4v) is 2.72. The predicted octanol–water partition coefficient (Wildman–Crippen LogP) is 2.12. The summed E-state index contributed by atoms with van der Waals surface area (Å²) in [6.45, 7) is 0. The highest BCUT2D eigenvalue weighted by atomic mass is 32.4. The topological polar surface area (TPSA) is 74.6 Å². The van der Waals surface area contributed by atoms with E-state index in [4.69, 9.17) is 10.2 Å². The molecule has 0 spiro atoms. The molecule has 1 aliphatic carbocycles. The van der Waals surface area contributed by atoms with Crippen molar-refractivity contribution < 1.29 is 19.8 Å². The van der Waals surface area contributed by atoms with Crippen molar-refractivity contribution in [2.24, 2.45) is 0 Å². The fraction of sp³-hybridized carbons (Fsp3) is 0. The van der Waals surface area contributed by atoms with E-state index >= 15 is 0 Å². The number of benzene rings is 1. The van der Waals surface area contributed by atoms with Crippen LogP contribution >= 0.6 is 14.7 Å². The van der Waals surface area contributed by atoms with Crippen LogP contribution in [0.25, 0.3) is 0 Å². The Morgan fingerprint density at radius 2 is 1.70 bits per heavy atom. The fourth-order valence-electron chi connectivity index (χ4n) is 1.15. The molecule has 2 N–H and O–H groups in total. The van der Waals surface area contributed by atoms with Gasteiger partial charge in [0.15, 0.2) is 11.6 Å². The van der Waals surface area contributed by atoms with E-state index < -0.39 is 0 Å². The lowest BCUT2D eigenvalue weighted by atomic mass is 10.2. The lowest BCUT2D eigenvalue weighted by molar-refractivity contribution is -0.114. The number of hydrogen-bond acceptors (Lipinski definition) is 6. The zero-order valence-corrected chi connectivity index (χ0v) is 13.3. The quantitative estimate of drug-likeness (QED) is 0.487. The van der Waals surface area contributed by atoms with Gasteiger partial charge in [-0.1, -0.05) is 23.6 Å². The summed E-state index contributed by atoms with van der Waals surface area (Å²) >= 11 is 9.27. The molecular formula is C12H8O4P2S2. The van der Waals surface area contributed by atoms with Gasteiger partial charge in [-0.05, 0) is 30.4 Å². The summed E-state index contributed by atoms with van der Waals surface area (Å²) in [5.41, 5.74) is 0. The van der Waals surface area contributed by atoms with Crippen molar-refractivity contribution in [1.29, 1.82) is 0 Å². The molecule has 0 saturated heterocycles. The number of carbonyl (C=O) groups is 2. The molecule has 0 radical (unpaired) electrons. The number of allylic oxidation sites excluding steroid dienone is 4. The Morgan fingerprint density at radius 1 is 1.00 bits per heavy atom. The second-order valence-electron chi connectivity index (χ2n) is 3.49. The first-order valence-electron chi connectivity index (χ1n) is 5.14. The molecule has 1 aromatic carbocycles. The summed E-state index contributed by atoms with van der Waals surface area (Å²) in [7, 11) is 0.979. The van der Waals surface area contributed by atoms with Gasteiger partial charge in [0.25, 0.3) is 0 Å². The van der Waals surface area contributed by atoms with E-state index in [0.29, 0.717) is 25.3 Å². The first-order chi connectivity index (χ1) is 9.47. The summed E-state index contributed by atoms with van der Waals surface area (Å²) in [4.78, 5) is 21.4. The number of hydrogen-bond donors (Lipinski definition) is 2. The number of rotatable bonds is 2. The maximum Gasteiger partial charge on any atom is 0.191 e. The maximum absolute atomic E-state index is 10.8. The van der Waals surface area contributed by atoms with Gasteiger partial charge in [0.2, 0.25) is 0 Å². The molecule has 0 heterocycles. The van der Waals surface area contributed by atoms with Crippen LogP contribution in [0.1, 0.15) is 0 Å². The summed E-state index contributed by atoms with van der Waals surface area (Å²) < 4.78 is 0. The Morgan fingerprint density at radius 3 is 2.20 bits per heavy atom. The lowest BCUT2D eigenvalue weighted by Gasteiger charge is -1.96. The zero-order valence-electron chi connectivity index (χ0n) is 9.89. The molecule has 0 aromatic heterocycles. The van der Waals surface area contributed by atoms with Crippen molar-refractivity contribution in [1.82, 2.24) is 0 Å². The SMILES string of the molecule is O=C1C=CC(=O)C(P=S)=C1.Oc1ccc(O)c(P=S)c1. The predicted molar refractivity (Wildman–Crippen MR) is 85.2 cm³/mol. The van der Waals surface area contributed by atoms with Gasteiger partial charge >= 0.3 is 0 Å². The molecule has 8 heteroatoms. The van der Waals surface area contributed by atoms with E-state index in [9.17, 15) is 9.59 Å². The van der Waals surface area contributed by atoms with Crippen molar-refractivity contribution in [3.05, 3.63) is 41.7 Å². The van der Waals surface area contributed by atoms with Crippen LogP contribution in [0.15, 0.2) is 41.7 Å². The third kappa shape index (κ3) is 4.99. The average Bonchev–Trinajstić information content (AvgIpc) is 2.44. The van der Waals surface area contributed by atoms with Crippen LogP contribution in [0.5, 0.6) is 11.5 Å². The molecule has 0 saturated carbocycles. The van der Waals surface area contributed by atoms with Crippen LogP contribution in [0, 0.1) is 0 Å². The largest absolute Gasteiger partial charge is 0.508 e. The number of carbonyl (C=O) groups excluding carboxylic acids is 2. The van der Waals surface area contributed by atoms with E-state index in [2.05, 4.69) is 23.6 Å². The maximum atomic E-state index is 10.8. The first-order valence-corrected chi connectivity index (χ1v) is 8.96. The third-order valence-corrected chi connectivity index (χ3v) is 4.37. The number of phenols is 2. The normalized spacial score (nSPS) is 13.9. The van der Waals surface area contributed by atoms with Gasteiger partial charge in [-0.2, -0.15) is 0 Å². The van der Waals surface area contributed by atoms with E-state index in [0.717, 1.165) is 0 Å². The van der Waals surface area contributed by atoms with Gasteiger partial charge in [0, 0.05) is 20.8 Å². The summed E-state index contributed by atoms with van der Waals surface area (Å²) in [5, 5.41) is 18.9. The molecule has 0 aliphatic heterocycles. The molecule has 1 aromatic rings. The zero-order chi connectivity index (χ0) is 15.1. The summed E-state index contributed by atoms with van der Waals surface area (Å²) in [6, 6.07) is 4.28. The van der Waals surface area contributed by atoms with Crippen LogP contribution in [-0.4, -0.2) is 21.8 Å². The highest BCUT2D eigenvalue weighted by Crippen LogP contribution is 2.17. The molecule has 0 unspecified atom stereocenters. The smallest absolute Gasteiger partial charge is 0.191 e. The molecular weight excluding hydrogens is 334 g/mol. The third-order valence-electron chi connectivity index (χ3n) is 2.09. The monoisotopic (exact) mass is 342 g/mol. The van der Waals surface area contributed by atoms with Crippen LogP contribution < -0.4 is 5.30 Å². The van der Waals surface area contributed by atoms with Crippen molar-refractivity contribution in [2.75, 3.05) is 0 Å². The van der Waals surface area contributed by atoms with E-state index in [1.165, 1.54) is 36.4 Å². The van der Waals surface area contributed by atoms with Crippen molar-refractivity contribution in [3.63, 3.8) is 0 Å². The molecule has 0 fully saturated rings. The average molecular weight is 342 g/mol. The van der Waals surface area contributed by atoms with Gasteiger partial charge in [0.1, 0.15) is 11.5 Å². The molecule has 1 aliphatic rings.